The molecule has 0 unspecified atom stereocenters. The van der Waals surface area contributed by atoms with Crippen LogP contribution in [0.5, 0.6) is 0 Å². The van der Waals surface area contributed by atoms with Gasteiger partial charge in [-0.2, -0.15) is 18.3 Å². The molecule has 13 heteroatoms. The number of rotatable bonds is 6. The molecule has 1 amide bonds. The molecule has 10 nitrogen and oxygen atoms in total. The summed E-state index contributed by atoms with van der Waals surface area (Å²) >= 11 is 0. The van der Waals surface area contributed by atoms with Crippen LogP contribution in [-0.2, 0) is 17.5 Å². The Morgan fingerprint density at radius 1 is 1.27 bits per heavy atom. The maximum Gasteiger partial charge on any atom is 0.435 e. The van der Waals surface area contributed by atoms with Crippen LogP contribution in [0, 0.1) is 17.0 Å². The van der Waals surface area contributed by atoms with Crippen molar-refractivity contribution in [1.82, 2.24) is 14.8 Å². The zero-order valence-electron chi connectivity index (χ0n) is 17.5. The highest BCUT2D eigenvalue weighted by Gasteiger charge is 2.35. The third kappa shape index (κ3) is 5.02. The molecule has 0 spiro atoms. The molecule has 0 bridgehead atoms. The predicted molar refractivity (Wildman–Crippen MR) is 112 cm³/mol. The Bertz CT molecular complexity index is 1180. The summed E-state index contributed by atoms with van der Waals surface area (Å²) < 4.78 is 45.2. The smallest absolute Gasteiger partial charge is 0.435 e. The van der Waals surface area contributed by atoms with Gasteiger partial charge in [-0.15, -0.1) is 0 Å². The molecule has 174 valence electrons. The lowest BCUT2D eigenvalue weighted by molar-refractivity contribution is -0.383. The van der Waals surface area contributed by atoms with Crippen molar-refractivity contribution in [2.45, 2.75) is 26.6 Å². The Balaban J connectivity index is 2.21. The van der Waals surface area contributed by atoms with Crippen molar-refractivity contribution in [3.63, 3.8) is 0 Å². The van der Waals surface area contributed by atoms with Crippen LogP contribution in [0.4, 0.5) is 35.2 Å². The summed E-state index contributed by atoms with van der Waals surface area (Å²) in [4.78, 5) is 28.5. The summed E-state index contributed by atoms with van der Waals surface area (Å²) in [6, 6.07) is 10.4. The van der Waals surface area contributed by atoms with Gasteiger partial charge < -0.3 is 10.5 Å². The van der Waals surface area contributed by atoms with Gasteiger partial charge in [0.15, 0.2) is 11.5 Å². The van der Waals surface area contributed by atoms with Gasteiger partial charge in [-0.3, -0.25) is 15.0 Å². The maximum atomic E-state index is 13.1. The van der Waals surface area contributed by atoms with E-state index < -0.39 is 34.4 Å². The standard InChI is InChI=1S/C20H19F3N6O4/c1-3-33-19(30)27(11-13-7-5-4-6-8-13)14-10-16(25-18(24)17(14)29(31)32)28-12(2)9-15(26-28)20(21,22)23/h4-10H,3,11H2,1-2H3,(H2,24,25). The molecule has 0 aliphatic rings. The molecule has 0 aliphatic carbocycles. The molecule has 0 saturated carbocycles. The molecule has 0 aliphatic heterocycles. The van der Waals surface area contributed by atoms with Gasteiger partial charge in [0.1, 0.15) is 5.69 Å². The van der Waals surface area contributed by atoms with E-state index in [-0.39, 0.29) is 30.4 Å². The van der Waals surface area contributed by atoms with E-state index in [4.69, 9.17) is 10.5 Å². The number of hydrogen-bond donors (Lipinski definition) is 1. The van der Waals surface area contributed by atoms with Gasteiger partial charge in [-0.1, -0.05) is 30.3 Å². The molecule has 1 aromatic carbocycles. The molecule has 3 aromatic rings. The van der Waals surface area contributed by atoms with Crippen molar-refractivity contribution >= 4 is 23.3 Å². The zero-order chi connectivity index (χ0) is 24.3. The van der Waals surface area contributed by atoms with Crippen LogP contribution in [0.15, 0.2) is 42.5 Å². The Hall–Kier alpha value is -4.16. The van der Waals surface area contributed by atoms with E-state index in [1.54, 1.807) is 37.3 Å². The van der Waals surface area contributed by atoms with Gasteiger partial charge in [0, 0.05) is 11.8 Å². The van der Waals surface area contributed by atoms with Crippen molar-refractivity contribution in [3.8, 4) is 5.82 Å². The van der Waals surface area contributed by atoms with Gasteiger partial charge in [0.05, 0.1) is 18.1 Å². The fourth-order valence-corrected chi connectivity index (χ4v) is 3.09. The van der Waals surface area contributed by atoms with E-state index in [9.17, 15) is 28.1 Å². The second-order valence-corrected chi connectivity index (χ2v) is 6.84. The third-order valence-electron chi connectivity index (χ3n) is 4.53. The molecule has 0 fully saturated rings. The van der Waals surface area contributed by atoms with E-state index in [0.717, 1.165) is 21.7 Å². The van der Waals surface area contributed by atoms with Gasteiger partial charge in [-0.25, -0.2) is 14.5 Å². The normalized spacial score (nSPS) is 11.3. The van der Waals surface area contributed by atoms with Crippen molar-refractivity contribution in [2.75, 3.05) is 17.2 Å². The third-order valence-corrected chi connectivity index (χ3v) is 4.53. The molecular formula is C20H19F3N6O4. The number of aryl methyl sites for hydroxylation is 1. The first-order valence-electron chi connectivity index (χ1n) is 9.60. The van der Waals surface area contributed by atoms with Crippen LogP contribution in [-0.4, -0.2) is 32.4 Å². The average molecular weight is 464 g/mol. The molecule has 0 atom stereocenters. The van der Waals surface area contributed by atoms with Crippen molar-refractivity contribution in [1.29, 1.82) is 0 Å². The number of alkyl halides is 3. The zero-order valence-corrected chi connectivity index (χ0v) is 17.5. The number of halogens is 3. The van der Waals surface area contributed by atoms with E-state index in [1.807, 2.05) is 0 Å². The van der Waals surface area contributed by atoms with Gasteiger partial charge in [-0.05, 0) is 25.5 Å². The summed E-state index contributed by atoms with van der Waals surface area (Å²) in [6.45, 7) is 2.77. The minimum absolute atomic E-state index is 0.0153. The number of pyridine rings is 1. The molecule has 0 radical (unpaired) electrons. The Kier molecular flexibility index (Phi) is 6.51. The van der Waals surface area contributed by atoms with Crippen LogP contribution in [0.2, 0.25) is 0 Å². The minimum Gasteiger partial charge on any atom is -0.449 e. The van der Waals surface area contributed by atoms with Gasteiger partial charge in [0.25, 0.3) is 0 Å². The highest BCUT2D eigenvalue weighted by atomic mass is 19.4. The summed E-state index contributed by atoms with van der Waals surface area (Å²) in [6.07, 6.45) is -5.62. The number of carbonyl (C=O) groups excluding carboxylic acids is 1. The van der Waals surface area contributed by atoms with E-state index >= 15 is 0 Å². The highest BCUT2D eigenvalue weighted by molar-refractivity contribution is 5.93. The number of anilines is 2. The second kappa shape index (κ2) is 9.14. The molecule has 33 heavy (non-hydrogen) atoms. The molecule has 0 saturated heterocycles. The quantitative estimate of drug-likeness (QED) is 0.426. The summed E-state index contributed by atoms with van der Waals surface area (Å²) in [5, 5.41) is 15.3. The van der Waals surface area contributed by atoms with Crippen LogP contribution in [0.3, 0.4) is 0 Å². The first-order chi connectivity index (χ1) is 15.5. The van der Waals surface area contributed by atoms with Crippen LogP contribution in [0.1, 0.15) is 23.9 Å². The first kappa shape index (κ1) is 23.5. The summed E-state index contributed by atoms with van der Waals surface area (Å²) in [5.41, 5.74) is 4.32. The fraction of sp³-hybridized carbons (Fsp3) is 0.250. The first-order valence-corrected chi connectivity index (χ1v) is 9.60. The largest absolute Gasteiger partial charge is 0.449 e. The highest BCUT2D eigenvalue weighted by Crippen LogP contribution is 2.36. The van der Waals surface area contributed by atoms with Crippen LogP contribution in [0.25, 0.3) is 5.82 Å². The van der Waals surface area contributed by atoms with Gasteiger partial charge >= 0.3 is 18.0 Å². The Labute approximate surface area is 185 Å². The van der Waals surface area contributed by atoms with Crippen molar-refractivity contribution in [2.24, 2.45) is 0 Å². The van der Waals surface area contributed by atoms with Crippen molar-refractivity contribution in [3.05, 3.63) is 69.5 Å². The number of ether oxygens (including phenoxy) is 1. The fourth-order valence-electron chi connectivity index (χ4n) is 3.09. The van der Waals surface area contributed by atoms with Gasteiger partial charge in [0.2, 0.25) is 5.82 Å². The van der Waals surface area contributed by atoms with E-state index in [1.165, 1.54) is 6.92 Å². The number of aromatic nitrogens is 3. The number of benzene rings is 1. The number of nitrogens with zero attached hydrogens (tertiary/aromatic N) is 5. The Morgan fingerprint density at radius 3 is 2.48 bits per heavy atom. The molecule has 2 heterocycles. The topological polar surface area (TPSA) is 129 Å². The molecular weight excluding hydrogens is 445 g/mol. The average Bonchev–Trinajstić information content (AvgIpc) is 3.14. The Morgan fingerprint density at radius 2 is 1.94 bits per heavy atom. The van der Waals surface area contributed by atoms with Crippen LogP contribution < -0.4 is 10.6 Å². The molecule has 2 aromatic heterocycles. The van der Waals surface area contributed by atoms with E-state index in [2.05, 4.69) is 10.1 Å². The summed E-state index contributed by atoms with van der Waals surface area (Å²) in [7, 11) is 0. The SMILES string of the molecule is CCOC(=O)N(Cc1ccccc1)c1cc(-n2nc(C(F)(F)F)cc2C)nc(N)c1[N+](=O)[O-]. The number of hydrogen-bond acceptors (Lipinski definition) is 7. The second-order valence-electron chi connectivity index (χ2n) is 6.84. The number of nitro groups is 1. The van der Waals surface area contributed by atoms with Crippen LogP contribution >= 0.6 is 0 Å². The lowest BCUT2D eigenvalue weighted by Gasteiger charge is -2.23. The van der Waals surface area contributed by atoms with E-state index in [0.29, 0.717) is 5.56 Å². The minimum atomic E-state index is -4.71. The predicted octanol–water partition coefficient (Wildman–Crippen LogP) is 4.25. The monoisotopic (exact) mass is 464 g/mol. The molecule has 2 N–H and O–H groups in total. The number of carbonyl (C=O) groups is 1. The van der Waals surface area contributed by atoms with Crippen molar-refractivity contribution < 1.29 is 27.6 Å². The number of amides is 1. The maximum absolute atomic E-state index is 13.1. The lowest BCUT2D eigenvalue weighted by Crippen LogP contribution is -2.32. The summed E-state index contributed by atoms with van der Waals surface area (Å²) in [5.74, 6) is -0.832. The lowest BCUT2D eigenvalue weighted by atomic mass is 10.2. The molecule has 3 rings (SSSR count). The number of nitrogens with two attached hydrogens (primary N) is 1. The number of nitrogen functional groups attached to an aromatic ring is 1.